The quantitative estimate of drug-likeness (QED) is 0.671. The number of rotatable bonds is 6. The van der Waals surface area contributed by atoms with Gasteiger partial charge in [0, 0.05) is 44.1 Å². The number of pyridine rings is 1. The average Bonchev–Trinajstić information content (AvgIpc) is 3.25. The monoisotopic (exact) mass is 468 g/mol. The first kappa shape index (κ1) is 24.2. The zero-order chi connectivity index (χ0) is 24.2. The smallest absolute Gasteiger partial charge is 0.254 e. The van der Waals surface area contributed by atoms with Crippen molar-refractivity contribution in [2.45, 2.75) is 58.0 Å². The van der Waals surface area contributed by atoms with Crippen LogP contribution in [0, 0.1) is 12.8 Å². The van der Waals surface area contributed by atoms with Gasteiger partial charge in [0.1, 0.15) is 11.7 Å². The molecule has 1 aliphatic carbocycles. The van der Waals surface area contributed by atoms with Crippen LogP contribution in [0.25, 0.3) is 5.65 Å². The summed E-state index contributed by atoms with van der Waals surface area (Å²) in [5, 5.41) is 5.98. The summed E-state index contributed by atoms with van der Waals surface area (Å²) in [5.74, 6) is -0.0522. The topological polar surface area (TPSA) is 99.0 Å². The molecule has 0 aromatic carbocycles. The minimum atomic E-state index is -0.503. The highest BCUT2D eigenvalue weighted by molar-refractivity contribution is 5.95. The van der Waals surface area contributed by atoms with Crippen LogP contribution in [0.2, 0.25) is 0 Å². The minimum Gasteiger partial charge on any atom is -0.343 e. The summed E-state index contributed by atoms with van der Waals surface area (Å²) in [6, 6.07) is 2.76. The van der Waals surface area contributed by atoms with Gasteiger partial charge in [-0.1, -0.05) is 19.3 Å². The van der Waals surface area contributed by atoms with Crippen molar-refractivity contribution < 1.29 is 14.4 Å². The standard InChI is InChI=1S/C25H36N6O3/c1-17-16-31-10-9-20(15-21(31)27-17)24(33)29-11-13-30(14-12-29)25(34)22(19-7-5-4-6-8-19)28-23(32)18(2)26-3/h9-10,15-16,18-19,22,26H,4-8,11-14H2,1-3H3,(H,28,32). The normalized spacial score (nSPS) is 19.1. The number of hydrogen-bond acceptors (Lipinski definition) is 5. The van der Waals surface area contributed by atoms with Crippen LogP contribution in [-0.2, 0) is 9.59 Å². The number of piperazine rings is 1. The van der Waals surface area contributed by atoms with Crippen LogP contribution in [0.4, 0.5) is 0 Å². The van der Waals surface area contributed by atoms with Gasteiger partial charge in [0.25, 0.3) is 5.91 Å². The Hall–Kier alpha value is -2.94. The second kappa shape index (κ2) is 10.5. The van der Waals surface area contributed by atoms with E-state index in [4.69, 9.17) is 0 Å². The van der Waals surface area contributed by atoms with Gasteiger partial charge in [0.05, 0.1) is 11.7 Å². The Kier molecular flexibility index (Phi) is 7.50. The SMILES string of the molecule is CNC(C)C(=O)NC(C(=O)N1CCN(C(=O)c2ccn3cc(C)nc3c2)CC1)C1CCCCC1. The zero-order valence-corrected chi connectivity index (χ0v) is 20.4. The fraction of sp³-hybridized carbons (Fsp3) is 0.600. The summed E-state index contributed by atoms with van der Waals surface area (Å²) in [5.41, 5.74) is 2.26. The third-order valence-corrected chi connectivity index (χ3v) is 7.22. The number of nitrogens with zero attached hydrogens (tertiary/aromatic N) is 4. The lowest BCUT2D eigenvalue weighted by molar-refractivity contribution is -0.140. The molecule has 0 spiro atoms. The maximum Gasteiger partial charge on any atom is 0.254 e. The largest absolute Gasteiger partial charge is 0.343 e. The maximum atomic E-state index is 13.5. The van der Waals surface area contributed by atoms with Crippen LogP contribution >= 0.6 is 0 Å². The summed E-state index contributed by atoms with van der Waals surface area (Å²) in [7, 11) is 1.74. The number of fused-ring (bicyclic) bond motifs is 1. The molecular weight excluding hydrogens is 432 g/mol. The molecule has 2 aromatic heterocycles. The van der Waals surface area contributed by atoms with Gasteiger partial charge in [-0.3, -0.25) is 14.4 Å². The number of carbonyl (C=O) groups is 3. The molecule has 0 radical (unpaired) electrons. The van der Waals surface area contributed by atoms with Crippen molar-refractivity contribution >= 4 is 23.4 Å². The van der Waals surface area contributed by atoms with Gasteiger partial charge >= 0.3 is 0 Å². The molecule has 2 N–H and O–H groups in total. The van der Waals surface area contributed by atoms with E-state index in [0.29, 0.717) is 31.7 Å². The third kappa shape index (κ3) is 5.24. The molecule has 2 aromatic rings. The molecule has 34 heavy (non-hydrogen) atoms. The summed E-state index contributed by atoms with van der Waals surface area (Å²) in [6.45, 7) is 5.60. The lowest BCUT2D eigenvalue weighted by atomic mass is 9.83. The molecule has 0 bridgehead atoms. The maximum absolute atomic E-state index is 13.5. The Morgan fingerprint density at radius 2 is 1.74 bits per heavy atom. The summed E-state index contributed by atoms with van der Waals surface area (Å²) in [4.78, 5) is 47.3. The summed E-state index contributed by atoms with van der Waals surface area (Å²) >= 11 is 0. The number of nitrogens with one attached hydrogen (secondary N) is 2. The molecule has 184 valence electrons. The number of amides is 3. The molecule has 1 saturated carbocycles. The van der Waals surface area contributed by atoms with Gasteiger partial charge in [0.2, 0.25) is 11.8 Å². The van der Waals surface area contributed by atoms with Gasteiger partial charge in [0.15, 0.2) is 0 Å². The molecule has 2 fully saturated rings. The summed E-state index contributed by atoms with van der Waals surface area (Å²) < 4.78 is 1.90. The van der Waals surface area contributed by atoms with Crippen molar-refractivity contribution in [3.63, 3.8) is 0 Å². The highest BCUT2D eigenvalue weighted by atomic mass is 16.2. The van der Waals surface area contributed by atoms with E-state index in [1.807, 2.05) is 40.8 Å². The fourth-order valence-electron chi connectivity index (χ4n) is 5.01. The molecule has 4 rings (SSSR count). The predicted molar refractivity (Wildman–Crippen MR) is 129 cm³/mol. The van der Waals surface area contributed by atoms with E-state index in [2.05, 4.69) is 15.6 Å². The highest BCUT2D eigenvalue weighted by Gasteiger charge is 2.36. The van der Waals surface area contributed by atoms with Crippen LogP contribution in [0.3, 0.4) is 0 Å². The van der Waals surface area contributed by atoms with Crippen LogP contribution in [0.5, 0.6) is 0 Å². The van der Waals surface area contributed by atoms with Gasteiger partial charge in [-0.15, -0.1) is 0 Å². The van der Waals surface area contributed by atoms with Crippen molar-refractivity contribution in [1.29, 1.82) is 0 Å². The Morgan fingerprint density at radius 3 is 2.41 bits per heavy atom. The number of imidazole rings is 1. The van der Waals surface area contributed by atoms with Gasteiger partial charge < -0.3 is 24.8 Å². The first-order valence-electron chi connectivity index (χ1n) is 12.4. The van der Waals surface area contributed by atoms with E-state index in [0.717, 1.165) is 37.0 Å². The van der Waals surface area contributed by atoms with Crippen LogP contribution in [-0.4, -0.2) is 82.2 Å². The van der Waals surface area contributed by atoms with Gasteiger partial charge in [-0.2, -0.15) is 0 Å². The molecule has 2 aliphatic rings. The molecule has 9 heteroatoms. The third-order valence-electron chi connectivity index (χ3n) is 7.22. The van der Waals surface area contributed by atoms with E-state index < -0.39 is 6.04 Å². The van der Waals surface area contributed by atoms with E-state index in [-0.39, 0.29) is 29.7 Å². The van der Waals surface area contributed by atoms with E-state index in [1.165, 1.54) is 6.42 Å². The van der Waals surface area contributed by atoms with E-state index in [9.17, 15) is 14.4 Å². The van der Waals surface area contributed by atoms with Crippen molar-refractivity contribution in [2.24, 2.45) is 5.92 Å². The first-order valence-corrected chi connectivity index (χ1v) is 12.4. The Balaban J connectivity index is 1.40. The second-order valence-electron chi connectivity index (χ2n) is 9.58. The molecule has 3 heterocycles. The number of carbonyl (C=O) groups excluding carboxylic acids is 3. The molecule has 9 nitrogen and oxygen atoms in total. The number of hydrogen-bond donors (Lipinski definition) is 2. The van der Waals surface area contributed by atoms with Crippen molar-refractivity contribution in [3.05, 3.63) is 35.8 Å². The Bertz CT molecular complexity index is 1040. The Labute approximate surface area is 200 Å². The van der Waals surface area contributed by atoms with Crippen LogP contribution < -0.4 is 10.6 Å². The van der Waals surface area contributed by atoms with Crippen LogP contribution in [0.1, 0.15) is 55.1 Å². The molecule has 3 amide bonds. The first-order chi connectivity index (χ1) is 16.4. The number of aryl methyl sites for hydroxylation is 1. The highest BCUT2D eigenvalue weighted by Crippen LogP contribution is 2.28. The van der Waals surface area contributed by atoms with Crippen molar-refractivity contribution in [2.75, 3.05) is 33.2 Å². The Morgan fingerprint density at radius 1 is 1.06 bits per heavy atom. The van der Waals surface area contributed by atoms with Crippen molar-refractivity contribution in [3.8, 4) is 0 Å². The zero-order valence-electron chi connectivity index (χ0n) is 20.4. The van der Waals surface area contributed by atoms with Gasteiger partial charge in [-0.25, -0.2) is 4.98 Å². The molecular formula is C25H36N6O3. The number of likely N-dealkylation sites (N-methyl/N-ethyl adjacent to an activating group) is 1. The molecule has 2 atom stereocenters. The fourth-order valence-corrected chi connectivity index (χ4v) is 5.01. The summed E-state index contributed by atoms with van der Waals surface area (Å²) in [6.07, 6.45) is 9.06. The lowest BCUT2D eigenvalue weighted by Gasteiger charge is -2.39. The molecule has 2 unspecified atom stereocenters. The molecule has 1 saturated heterocycles. The second-order valence-corrected chi connectivity index (χ2v) is 9.58. The predicted octanol–water partition coefficient (Wildman–Crippen LogP) is 1.60. The van der Waals surface area contributed by atoms with Gasteiger partial charge in [-0.05, 0) is 51.8 Å². The van der Waals surface area contributed by atoms with E-state index >= 15 is 0 Å². The average molecular weight is 469 g/mol. The minimum absolute atomic E-state index is 0.0232. The van der Waals surface area contributed by atoms with Crippen LogP contribution in [0.15, 0.2) is 24.5 Å². The van der Waals surface area contributed by atoms with E-state index in [1.54, 1.807) is 18.9 Å². The van der Waals surface area contributed by atoms with Crippen molar-refractivity contribution in [1.82, 2.24) is 29.8 Å². The molecule has 1 aliphatic heterocycles. The lowest BCUT2D eigenvalue weighted by Crippen LogP contribution is -2.59. The number of aromatic nitrogens is 2.